The lowest BCUT2D eigenvalue weighted by Gasteiger charge is -2.30. The van der Waals surface area contributed by atoms with E-state index in [0.717, 1.165) is 11.3 Å². The van der Waals surface area contributed by atoms with Crippen LogP contribution >= 0.6 is 11.8 Å². The van der Waals surface area contributed by atoms with Gasteiger partial charge in [-0.1, -0.05) is 30.0 Å². The number of amidine groups is 2. The van der Waals surface area contributed by atoms with E-state index in [1.165, 1.54) is 11.8 Å². The van der Waals surface area contributed by atoms with Gasteiger partial charge in [0.2, 0.25) is 18.6 Å². The third-order valence-electron chi connectivity index (χ3n) is 6.69. The highest BCUT2D eigenvalue weighted by Crippen LogP contribution is 2.35. The van der Waals surface area contributed by atoms with Gasteiger partial charge in [-0.3, -0.25) is 19.3 Å². The van der Waals surface area contributed by atoms with Gasteiger partial charge in [-0.05, 0) is 61.0 Å². The lowest BCUT2D eigenvalue weighted by atomic mass is 10.1. The van der Waals surface area contributed by atoms with E-state index >= 15 is 0 Å². The summed E-state index contributed by atoms with van der Waals surface area (Å²) in [6.45, 7) is 2.89. The van der Waals surface area contributed by atoms with Crippen LogP contribution in [0.15, 0.2) is 76.7 Å². The lowest BCUT2D eigenvalue weighted by molar-refractivity contribution is -0.126. The Bertz CT molecular complexity index is 1610. The van der Waals surface area contributed by atoms with Gasteiger partial charge in [0.1, 0.15) is 17.6 Å². The maximum Gasteiger partial charge on any atom is 0.271 e. The molecule has 0 fully saturated rings. The molecular weight excluding hydrogens is 558 g/mol. The molecule has 42 heavy (non-hydrogen) atoms. The molecule has 0 bridgehead atoms. The smallest absolute Gasteiger partial charge is 0.271 e. The number of aliphatic imine (C=N–C) groups is 2. The summed E-state index contributed by atoms with van der Waals surface area (Å²) in [5.74, 6) is 1.47. The minimum atomic E-state index is -0.884. The molecule has 1 atom stereocenters. The van der Waals surface area contributed by atoms with E-state index in [0.29, 0.717) is 46.0 Å². The molecular formula is C30H27N5O6S. The predicted molar refractivity (Wildman–Crippen MR) is 158 cm³/mol. The van der Waals surface area contributed by atoms with Crippen LogP contribution in [-0.2, 0) is 20.9 Å². The fourth-order valence-corrected chi connectivity index (χ4v) is 5.58. The Labute approximate surface area is 246 Å². The molecule has 3 amide bonds. The maximum atomic E-state index is 13.1. The zero-order valence-electron chi connectivity index (χ0n) is 22.7. The molecule has 3 heterocycles. The van der Waals surface area contributed by atoms with Crippen molar-refractivity contribution >= 4 is 51.9 Å². The van der Waals surface area contributed by atoms with E-state index in [9.17, 15) is 14.4 Å². The van der Waals surface area contributed by atoms with Gasteiger partial charge in [0, 0.05) is 17.8 Å². The van der Waals surface area contributed by atoms with Crippen LogP contribution in [0.4, 0.5) is 11.4 Å². The summed E-state index contributed by atoms with van der Waals surface area (Å²) in [5.41, 5.74) is 2.81. The summed E-state index contributed by atoms with van der Waals surface area (Å²) in [6, 6.07) is 19.0. The third-order valence-corrected chi connectivity index (χ3v) is 7.65. The third kappa shape index (κ3) is 5.79. The SMILES string of the molecule is CCOc1ccc(NC(=O)CSC2=Nc3ccccc3C3=NC(=O)C(CC(=O)NCc4ccc5c(c4)OCO5)N23)cc1. The molecule has 0 aliphatic carbocycles. The van der Waals surface area contributed by atoms with Crippen LogP contribution in [-0.4, -0.2) is 58.8 Å². The molecule has 3 aromatic rings. The van der Waals surface area contributed by atoms with Gasteiger partial charge in [0.05, 0.1) is 24.5 Å². The molecule has 0 spiro atoms. The lowest BCUT2D eigenvalue weighted by Crippen LogP contribution is -2.46. The molecule has 11 nitrogen and oxygen atoms in total. The summed E-state index contributed by atoms with van der Waals surface area (Å²) in [7, 11) is 0. The van der Waals surface area contributed by atoms with E-state index in [4.69, 9.17) is 19.2 Å². The molecule has 1 unspecified atom stereocenters. The van der Waals surface area contributed by atoms with Crippen molar-refractivity contribution in [3.63, 3.8) is 0 Å². The van der Waals surface area contributed by atoms with E-state index in [-0.39, 0.29) is 37.3 Å². The van der Waals surface area contributed by atoms with Gasteiger partial charge >= 0.3 is 0 Å². The fraction of sp³-hybridized carbons (Fsp3) is 0.233. The Morgan fingerprint density at radius 3 is 2.67 bits per heavy atom. The number of rotatable bonds is 9. The minimum absolute atomic E-state index is 0.0369. The zero-order valence-corrected chi connectivity index (χ0v) is 23.5. The first-order valence-corrected chi connectivity index (χ1v) is 14.4. The Kier molecular flexibility index (Phi) is 7.78. The predicted octanol–water partition coefficient (Wildman–Crippen LogP) is 3.85. The Balaban J connectivity index is 1.13. The van der Waals surface area contributed by atoms with Crippen LogP contribution in [0.2, 0.25) is 0 Å². The molecule has 0 radical (unpaired) electrons. The van der Waals surface area contributed by atoms with Gasteiger partial charge in [0.15, 0.2) is 16.7 Å². The fourth-order valence-electron chi connectivity index (χ4n) is 4.73. The van der Waals surface area contributed by atoms with E-state index < -0.39 is 11.9 Å². The molecule has 0 aromatic heterocycles. The average molecular weight is 586 g/mol. The molecule has 6 rings (SSSR count). The highest BCUT2D eigenvalue weighted by atomic mass is 32.2. The second-order valence-electron chi connectivity index (χ2n) is 9.53. The number of para-hydroxylation sites is 1. The van der Waals surface area contributed by atoms with Crippen LogP contribution in [0, 0.1) is 0 Å². The zero-order chi connectivity index (χ0) is 29.1. The van der Waals surface area contributed by atoms with E-state index in [2.05, 4.69) is 15.6 Å². The number of anilines is 1. The number of ether oxygens (including phenoxy) is 3. The van der Waals surface area contributed by atoms with Crippen molar-refractivity contribution in [3.8, 4) is 17.2 Å². The largest absolute Gasteiger partial charge is 0.494 e. The number of hydrogen-bond donors (Lipinski definition) is 2. The molecule has 2 N–H and O–H groups in total. The number of nitrogens with zero attached hydrogens (tertiary/aromatic N) is 3. The van der Waals surface area contributed by atoms with Crippen LogP contribution in [0.5, 0.6) is 17.2 Å². The highest BCUT2D eigenvalue weighted by molar-refractivity contribution is 8.14. The number of amides is 3. The Morgan fingerprint density at radius 1 is 1.02 bits per heavy atom. The topological polar surface area (TPSA) is 131 Å². The van der Waals surface area contributed by atoms with E-state index in [1.807, 2.05) is 43.3 Å². The van der Waals surface area contributed by atoms with Crippen molar-refractivity contribution in [2.24, 2.45) is 9.98 Å². The number of benzene rings is 3. The van der Waals surface area contributed by atoms with Crippen LogP contribution in [0.25, 0.3) is 0 Å². The van der Waals surface area contributed by atoms with Gasteiger partial charge in [0.25, 0.3) is 5.91 Å². The molecule has 3 aromatic carbocycles. The molecule has 0 saturated carbocycles. The molecule has 3 aliphatic heterocycles. The summed E-state index contributed by atoms with van der Waals surface area (Å²) < 4.78 is 16.2. The van der Waals surface area contributed by atoms with Crippen molar-refractivity contribution < 1.29 is 28.6 Å². The monoisotopic (exact) mass is 585 g/mol. The summed E-state index contributed by atoms with van der Waals surface area (Å²) in [6.07, 6.45) is -0.128. The maximum absolute atomic E-state index is 13.1. The first-order valence-electron chi connectivity index (χ1n) is 13.4. The number of fused-ring (bicyclic) bond motifs is 4. The first kappa shape index (κ1) is 27.3. The van der Waals surface area contributed by atoms with Gasteiger partial charge in [-0.15, -0.1) is 0 Å². The Hall–Kier alpha value is -4.84. The minimum Gasteiger partial charge on any atom is -0.494 e. The van der Waals surface area contributed by atoms with E-state index in [1.54, 1.807) is 35.2 Å². The Morgan fingerprint density at radius 2 is 1.83 bits per heavy atom. The number of nitrogens with one attached hydrogen (secondary N) is 2. The number of carbonyl (C=O) groups excluding carboxylic acids is 3. The summed E-state index contributed by atoms with van der Waals surface area (Å²) in [5, 5.41) is 6.16. The van der Waals surface area contributed by atoms with Crippen molar-refractivity contribution in [3.05, 3.63) is 77.9 Å². The molecule has 0 saturated heterocycles. The number of thioether (sulfide) groups is 1. The van der Waals surface area contributed by atoms with Crippen molar-refractivity contribution in [1.29, 1.82) is 0 Å². The summed E-state index contributed by atoms with van der Waals surface area (Å²) >= 11 is 1.18. The van der Waals surface area contributed by atoms with Crippen molar-refractivity contribution in [1.82, 2.24) is 10.2 Å². The van der Waals surface area contributed by atoms with Gasteiger partial charge < -0.3 is 24.8 Å². The standard InChI is InChI=1S/C30H27N5O6S/c1-2-39-20-10-8-19(9-11-20)32-27(37)16-42-30-33-22-6-4-3-5-21(22)28-34-29(38)23(35(28)30)14-26(36)31-15-18-7-12-24-25(13-18)41-17-40-24/h3-13,23H,2,14-17H2,1H3,(H,31,36)(H,32,37). The average Bonchev–Trinajstić information content (AvgIpc) is 3.60. The van der Waals surface area contributed by atoms with Crippen molar-refractivity contribution in [2.75, 3.05) is 24.5 Å². The van der Waals surface area contributed by atoms with Crippen molar-refractivity contribution in [2.45, 2.75) is 25.9 Å². The van der Waals surface area contributed by atoms with Crippen LogP contribution < -0.4 is 24.8 Å². The molecule has 3 aliphatic rings. The first-order chi connectivity index (χ1) is 20.5. The van der Waals surface area contributed by atoms with Crippen LogP contribution in [0.3, 0.4) is 0 Å². The molecule has 214 valence electrons. The second-order valence-corrected chi connectivity index (χ2v) is 10.5. The highest BCUT2D eigenvalue weighted by Gasteiger charge is 2.42. The van der Waals surface area contributed by atoms with Gasteiger partial charge in [-0.25, -0.2) is 4.99 Å². The number of hydrogen-bond acceptors (Lipinski definition) is 9. The van der Waals surface area contributed by atoms with Crippen LogP contribution in [0.1, 0.15) is 24.5 Å². The number of carbonyl (C=O) groups is 3. The summed E-state index contributed by atoms with van der Waals surface area (Å²) in [4.78, 5) is 49.6. The molecule has 12 heteroatoms. The quantitative estimate of drug-likeness (QED) is 0.387. The van der Waals surface area contributed by atoms with Gasteiger partial charge in [-0.2, -0.15) is 4.99 Å². The second kappa shape index (κ2) is 12.0. The normalized spacial score (nSPS) is 16.3.